The van der Waals surface area contributed by atoms with Gasteiger partial charge in [-0.3, -0.25) is 4.79 Å². The number of hydrogen-bond donors (Lipinski definition) is 1. The van der Waals surface area contributed by atoms with Crippen LogP contribution in [0.4, 0.5) is 0 Å². The summed E-state index contributed by atoms with van der Waals surface area (Å²) >= 11 is 1.49. The topological polar surface area (TPSA) is 42.0 Å². The first-order valence-corrected chi connectivity index (χ1v) is 7.95. The van der Waals surface area contributed by atoms with Crippen molar-refractivity contribution in [2.24, 2.45) is 0 Å². The average Bonchev–Trinajstić information content (AvgIpc) is 2.45. The molecular weight excluding hydrogens is 268 g/mol. The Labute approximate surface area is 124 Å². The lowest BCUT2D eigenvalue weighted by atomic mass is 10.1. The van der Waals surface area contributed by atoms with Crippen molar-refractivity contribution in [3.63, 3.8) is 0 Å². The smallest absolute Gasteiger partial charge is 0.230 e. The van der Waals surface area contributed by atoms with Gasteiger partial charge in [-0.05, 0) is 31.0 Å². The molecule has 0 fully saturated rings. The van der Waals surface area contributed by atoms with Crippen LogP contribution < -0.4 is 5.32 Å². The molecule has 1 amide bonds. The Balaban J connectivity index is 1.98. The number of nitrogens with zero attached hydrogens (tertiary/aromatic N) is 1. The largest absolute Gasteiger partial charge is 0.355 e. The minimum absolute atomic E-state index is 0.0797. The second-order valence-electron chi connectivity index (χ2n) is 4.79. The van der Waals surface area contributed by atoms with Crippen molar-refractivity contribution in [3.05, 3.63) is 35.9 Å². The Morgan fingerprint density at radius 1 is 1.35 bits per heavy atom. The highest BCUT2D eigenvalue weighted by Gasteiger charge is 2.06. The fourth-order valence-corrected chi connectivity index (χ4v) is 2.79. The highest BCUT2D eigenvalue weighted by Crippen LogP contribution is 2.23. The molecule has 0 saturated heterocycles. The first kappa shape index (κ1) is 14.9. The maximum absolute atomic E-state index is 11.7. The third-order valence-corrected chi connectivity index (χ3v) is 4.01. The van der Waals surface area contributed by atoms with Crippen molar-refractivity contribution in [3.8, 4) is 0 Å². The van der Waals surface area contributed by atoms with Crippen LogP contribution in [0.2, 0.25) is 0 Å². The summed E-state index contributed by atoms with van der Waals surface area (Å²) < 4.78 is 0. The summed E-state index contributed by atoms with van der Waals surface area (Å²) in [5.74, 6) is 0.505. The number of fused-ring (bicyclic) bond motifs is 1. The van der Waals surface area contributed by atoms with E-state index in [9.17, 15) is 4.79 Å². The lowest BCUT2D eigenvalue weighted by Gasteiger charge is -2.06. The highest BCUT2D eigenvalue weighted by molar-refractivity contribution is 7.99. The number of nitrogens with one attached hydrogen (secondary N) is 1. The van der Waals surface area contributed by atoms with E-state index in [1.165, 1.54) is 22.7 Å². The van der Waals surface area contributed by atoms with Gasteiger partial charge in [0.25, 0.3) is 0 Å². The first-order chi connectivity index (χ1) is 9.70. The Bertz CT molecular complexity index is 598. The fraction of sp³-hybridized carbons (Fsp3) is 0.375. The number of carbonyl (C=O) groups is 1. The molecule has 0 atom stereocenters. The molecule has 2 aromatic rings. The second-order valence-corrected chi connectivity index (χ2v) is 5.78. The number of rotatable bonds is 6. The molecule has 3 nitrogen and oxygen atoms in total. The minimum Gasteiger partial charge on any atom is -0.355 e. The summed E-state index contributed by atoms with van der Waals surface area (Å²) in [7, 11) is 0. The summed E-state index contributed by atoms with van der Waals surface area (Å²) in [4.78, 5) is 16.3. The number of aromatic nitrogens is 1. The number of thioether (sulfide) groups is 1. The summed E-state index contributed by atoms with van der Waals surface area (Å²) in [5.41, 5.74) is 2.19. The minimum atomic E-state index is 0.0797. The maximum atomic E-state index is 11.7. The predicted octanol–water partition coefficient (Wildman–Crippen LogP) is 3.55. The molecule has 1 aromatic heterocycles. The quantitative estimate of drug-likeness (QED) is 0.653. The van der Waals surface area contributed by atoms with E-state index in [1.807, 2.05) is 24.3 Å². The molecule has 0 spiro atoms. The van der Waals surface area contributed by atoms with Gasteiger partial charge in [-0.2, -0.15) is 0 Å². The van der Waals surface area contributed by atoms with Crippen LogP contribution >= 0.6 is 11.8 Å². The van der Waals surface area contributed by atoms with E-state index in [0.29, 0.717) is 5.75 Å². The van der Waals surface area contributed by atoms with Gasteiger partial charge in [0, 0.05) is 11.9 Å². The molecule has 0 bridgehead atoms. The number of benzene rings is 1. The number of pyridine rings is 1. The average molecular weight is 288 g/mol. The van der Waals surface area contributed by atoms with E-state index in [-0.39, 0.29) is 5.91 Å². The van der Waals surface area contributed by atoms with Gasteiger partial charge >= 0.3 is 0 Å². The standard InChI is InChI=1S/C16H20N2OS/c1-3-4-9-17-15(19)11-20-16-10-12(2)13-7-5-6-8-14(13)18-16/h5-8,10H,3-4,9,11H2,1-2H3,(H,17,19). The van der Waals surface area contributed by atoms with Gasteiger partial charge in [-0.25, -0.2) is 4.98 Å². The molecule has 0 aliphatic carbocycles. The molecular formula is C16H20N2OS. The number of aryl methyl sites for hydroxylation is 1. The molecule has 0 saturated carbocycles. The van der Waals surface area contributed by atoms with Crippen LogP contribution in [0.3, 0.4) is 0 Å². The summed E-state index contributed by atoms with van der Waals surface area (Å²) in [6.07, 6.45) is 2.13. The van der Waals surface area contributed by atoms with Gasteiger partial charge in [0.1, 0.15) is 0 Å². The molecule has 20 heavy (non-hydrogen) atoms. The number of carbonyl (C=O) groups excluding carboxylic acids is 1. The van der Waals surface area contributed by atoms with E-state index >= 15 is 0 Å². The van der Waals surface area contributed by atoms with Crippen LogP contribution in [-0.4, -0.2) is 23.2 Å². The summed E-state index contributed by atoms with van der Waals surface area (Å²) in [5, 5.41) is 5.00. The maximum Gasteiger partial charge on any atom is 0.230 e. The van der Waals surface area contributed by atoms with E-state index in [1.54, 1.807) is 0 Å². The Morgan fingerprint density at radius 2 is 2.15 bits per heavy atom. The highest BCUT2D eigenvalue weighted by atomic mass is 32.2. The molecule has 2 rings (SSSR count). The molecule has 0 aliphatic heterocycles. The Kier molecular flexibility index (Phi) is 5.41. The number of amides is 1. The van der Waals surface area contributed by atoms with Crippen molar-refractivity contribution in [2.45, 2.75) is 31.7 Å². The van der Waals surface area contributed by atoms with Crippen molar-refractivity contribution >= 4 is 28.6 Å². The van der Waals surface area contributed by atoms with E-state index in [0.717, 1.165) is 29.9 Å². The molecule has 1 N–H and O–H groups in total. The van der Waals surface area contributed by atoms with Gasteiger partial charge in [0.2, 0.25) is 5.91 Å². The van der Waals surface area contributed by atoms with Gasteiger partial charge < -0.3 is 5.32 Å². The Morgan fingerprint density at radius 3 is 2.95 bits per heavy atom. The van der Waals surface area contributed by atoms with Crippen LogP contribution in [0.5, 0.6) is 0 Å². The van der Waals surface area contributed by atoms with Crippen molar-refractivity contribution in [1.29, 1.82) is 0 Å². The number of para-hydroxylation sites is 1. The number of unbranched alkanes of at least 4 members (excludes halogenated alkanes) is 1. The van der Waals surface area contributed by atoms with Crippen LogP contribution in [0, 0.1) is 6.92 Å². The van der Waals surface area contributed by atoms with Gasteiger partial charge in [-0.15, -0.1) is 0 Å². The molecule has 0 radical (unpaired) electrons. The number of hydrogen-bond acceptors (Lipinski definition) is 3. The van der Waals surface area contributed by atoms with E-state index in [4.69, 9.17) is 0 Å². The van der Waals surface area contributed by atoms with Gasteiger partial charge in [0.15, 0.2) is 0 Å². The summed E-state index contributed by atoms with van der Waals surface area (Å²) in [6.45, 7) is 4.96. The molecule has 1 aromatic carbocycles. The van der Waals surface area contributed by atoms with Crippen molar-refractivity contribution in [1.82, 2.24) is 10.3 Å². The second kappa shape index (κ2) is 7.29. The third kappa shape index (κ3) is 3.97. The van der Waals surface area contributed by atoms with E-state index < -0.39 is 0 Å². The fourth-order valence-electron chi connectivity index (χ4n) is 1.99. The van der Waals surface area contributed by atoms with Crippen LogP contribution in [-0.2, 0) is 4.79 Å². The third-order valence-electron chi connectivity index (χ3n) is 3.10. The van der Waals surface area contributed by atoms with Gasteiger partial charge in [0.05, 0.1) is 16.3 Å². The monoisotopic (exact) mass is 288 g/mol. The molecule has 0 aliphatic rings. The molecule has 0 unspecified atom stereocenters. The summed E-state index contributed by atoms with van der Waals surface area (Å²) in [6, 6.07) is 10.1. The lowest BCUT2D eigenvalue weighted by Crippen LogP contribution is -2.26. The van der Waals surface area contributed by atoms with Crippen LogP contribution in [0.1, 0.15) is 25.3 Å². The SMILES string of the molecule is CCCCNC(=O)CSc1cc(C)c2ccccc2n1. The first-order valence-electron chi connectivity index (χ1n) is 6.96. The normalized spacial score (nSPS) is 10.7. The molecule has 106 valence electrons. The van der Waals surface area contributed by atoms with Crippen molar-refractivity contribution < 1.29 is 4.79 Å². The van der Waals surface area contributed by atoms with Crippen LogP contribution in [0.25, 0.3) is 10.9 Å². The Hall–Kier alpha value is -1.55. The molecule has 4 heteroatoms. The van der Waals surface area contributed by atoms with Gasteiger partial charge in [-0.1, -0.05) is 43.3 Å². The predicted molar refractivity (Wildman–Crippen MR) is 85.1 cm³/mol. The van der Waals surface area contributed by atoms with E-state index in [2.05, 4.69) is 30.2 Å². The zero-order valence-corrected chi connectivity index (χ0v) is 12.8. The zero-order chi connectivity index (χ0) is 14.4. The van der Waals surface area contributed by atoms with Crippen molar-refractivity contribution in [2.75, 3.05) is 12.3 Å². The van der Waals surface area contributed by atoms with Crippen LogP contribution in [0.15, 0.2) is 35.4 Å². The zero-order valence-electron chi connectivity index (χ0n) is 12.0. The molecule has 1 heterocycles. The lowest BCUT2D eigenvalue weighted by molar-refractivity contribution is -0.118.